The van der Waals surface area contributed by atoms with Crippen LogP contribution in [0.3, 0.4) is 0 Å². The molecule has 0 atom stereocenters. The molecule has 2 aromatic carbocycles. The number of carbonyl (C=O) groups is 1. The molecule has 3 rings (SSSR count). The lowest BCUT2D eigenvalue weighted by Crippen LogP contribution is -2.37. The third-order valence-electron chi connectivity index (χ3n) is 5.03. The molecule has 33 heavy (non-hydrogen) atoms. The van der Waals surface area contributed by atoms with Gasteiger partial charge in [0.25, 0.3) is 5.91 Å². The number of carbonyl (C=O) groups excluding carboxylic acids is 1. The number of aryl methyl sites for hydroxylation is 1. The van der Waals surface area contributed by atoms with Gasteiger partial charge in [0.05, 0.1) is 15.1 Å². The minimum Gasteiger partial charge on any atom is -0.317 e. The zero-order valence-electron chi connectivity index (χ0n) is 19.6. The number of fused-ring (bicyclic) bond motifs is 1. The Morgan fingerprint density at radius 3 is 2.21 bits per heavy atom. The minimum atomic E-state index is -3.64. The quantitative estimate of drug-likeness (QED) is 0.369. The van der Waals surface area contributed by atoms with Gasteiger partial charge in [-0.25, -0.2) is 8.42 Å². The molecule has 0 saturated carbocycles. The van der Waals surface area contributed by atoms with E-state index in [2.05, 4.69) is 20.9 Å². The average Bonchev–Trinajstić information content (AvgIpc) is 3.08. The van der Waals surface area contributed by atoms with E-state index in [0.29, 0.717) is 30.0 Å². The molecular formula is C24H30BrN3O3S2. The van der Waals surface area contributed by atoms with Gasteiger partial charge in [-0.15, -0.1) is 0 Å². The van der Waals surface area contributed by atoms with Gasteiger partial charge in [-0.1, -0.05) is 55.0 Å². The summed E-state index contributed by atoms with van der Waals surface area (Å²) in [7, 11) is -3.64. The monoisotopic (exact) mass is 551 g/mol. The number of sulfonamides is 1. The Hall–Kier alpha value is -1.81. The Morgan fingerprint density at radius 2 is 1.67 bits per heavy atom. The van der Waals surface area contributed by atoms with Crippen molar-refractivity contribution in [2.24, 2.45) is 16.8 Å². The zero-order chi connectivity index (χ0) is 24.3. The summed E-state index contributed by atoms with van der Waals surface area (Å²) in [6.45, 7) is 11.6. The Labute approximate surface area is 208 Å². The third kappa shape index (κ3) is 6.01. The van der Waals surface area contributed by atoms with Gasteiger partial charge in [-0.3, -0.25) is 4.79 Å². The smallest absolute Gasteiger partial charge is 0.279 e. The van der Waals surface area contributed by atoms with Crippen molar-refractivity contribution in [3.63, 3.8) is 0 Å². The van der Waals surface area contributed by atoms with Crippen LogP contribution in [0.2, 0.25) is 0 Å². The number of thiazole rings is 1. The van der Waals surface area contributed by atoms with Crippen LogP contribution in [0.25, 0.3) is 10.2 Å². The second-order valence-corrected chi connectivity index (χ2v) is 12.7. The summed E-state index contributed by atoms with van der Waals surface area (Å²) in [5, 5.41) is 0. The van der Waals surface area contributed by atoms with Gasteiger partial charge in [0.2, 0.25) is 10.0 Å². The molecule has 0 aliphatic heterocycles. The van der Waals surface area contributed by atoms with Gasteiger partial charge in [-0.2, -0.15) is 9.30 Å². The Bertz CT molecular complexity index is 1300. The number of hydrogen-bond donors (Lipinski definition) is 0. The van der Waals surface area contributed by atoms with Crippen molar-refractivity contribution in [2.45, 2.75) is 46.1 Å². The van der Waals surface area contributed by atoms with Crippen molar-refractivity contribution >= 4 is 53.4 Å². The predicted molar refractivity (Wildman–Crippen MR) is 138 cm³/mol. The molecule has 178 valence electrons. The van der Waals surface area contributed by atoms with Gasteiger partial charge in [0.1, 0.15) is 0 Å². The second-order valence-electron chi connectivity index (χ2n) is 8.79. The first kappa shape index (κ1) is 25.8. The minimum absolute atomic E-state index is 0.190. The first-order chi connectivity index (χ1) is 15.5. The van der Waals surface area contributed by atoms with Gasteiger partial charge in [-0.05, 0) is 61.2 Å². The number of hydrogen-bond acceptors (Lipinski definition) is 4. The van der Waals surface area contributed by atoms with Crippen LogP contribution in [-0.4, -0.2) is 36.3 Å². The molecule has 3 aromatic rings. The molecule has 9 heteroatoms. The second kappa shape index (κ2) is 10.6. The molecule has 0 spiro atoms. The zero-order valence-corrected chi connectivity index (χ0v) is 22.8. The fraction of sp³-hybridized carbons (Fsp3) is 0.417. The Kier molecular flexibility index (Phi) is 8.31. The van der Waals surface area contributed by atoms with E-state index in [1.807, 2.05) is 57.4 Å². The summed E-state index contributed by atoms with van der Waals surface area (Å²) in [5.74, 6) is 0.0312. The maximum atomic E-state index is 13.2. The molecule has 0 saturated heterocycles. The Morgan fingerprint density at radius 1 is 1.06 bits per heavy atom. The third-order valence-corrected chi connectivity index (χ3v) is 8.42. The molecule has 6 nitrogen and oxygen atoms in total. The van der Waals surface area contributed by atoms with Crippen LogP contribution in [0.1, 0.15) is 45.0 Å². The van der Waals surface area contributed by atoms with Gasteiger partial charge < -0.3 is 4.57 Å². The predicted octanol–water partition coefficient (Wildman–Crippen LogP) is 5.53. The van der Waals surface area contributed by atoms with Crippen LogP contribution in [0.5, 0.6) is 0 Å². The molecule has 0 N–H and O–H groups in total. The summed E-state index contributed by atoms with van der Waals surface area (Å²) in [6, 6.07) is 12.1. The van der Waals surface area contributed by atoms with Crippen LogP contribution in [0, 0.1) is 11.8 Å². The van der Waals surface area contributed by atoms with Crippen LogP contribution >= 0.6 is 27.3 Å². The molecule has 0 aliphatic rings. The van der Waals surface area contributed by atoms with Crippen molar-refractivity contribution < 1.29 is 13.2 Å². The molecular weight excluding hydrogens is 522 g/mol. The van der Waals surface area contributed by atoms with E-state index >= 15 is 0 Å². The first-order valence-electron chi connectivity index (χ1n) is 11.0. The van der Waals surface area contributed by atoms with Gasteiger partial charge in [0, 0.05) is 29.7 Å². The number of benzene rings is 2. The maximum absolute atomic E-state index is 13.2. The molecule has 0 fully saturated rings. The van der Waals surface area contributed by atoms with Gasteiger partial charge in [0.15, 0.2) is 4.80 Å². The fourth-order valence-electron chi connectivity index (χ4n) is 3.59. The highest BCUT2D eigenvalue weighted by Crippen LogP contribution is 2.23. The Balaban J connectivity index is 1.92. The molecule has 0 unspecified atom stereocenters. The number of aromatic nitrogens is 1. The van der Waals surface area contributed by atoms with Crippen molar-refractivity contribution in [1.29, 1.82) is 0 Å². The summed E-state index contributed by atoms with van der Waals surface area (Å²) < 4.78 is 31.9. The van der Waals surface area contributed by atoms with Crippen LogP contribution < -0.4 is 4.80 Å². The highest BCUT2D eigenvalue weighted by Gasteiger charge is 2.26. The topological polar surface area (TPSA) is 71.7 Å². The van der Waals surface area contributed by atoms with Crippen LogP contribution in [0.15, 0.2) is 56.8 Å². The summed E-state index contributed by atoms with van der Waals surface area (Å²) in [4.78, 5) is 18.0. The maximum Gasteiger partial charge on any atom is 0.279 e. The van der Waals surface area contributed by atoms with E-state index in [0.717, 1.165) is 14.7 Å². The van der Waals surface area contributed by atoms with Crippen molar-refractivity contribution in [3.05, 3.63) is 57.3 Å². The van der Waals surface area contributed by atoms with E-state index in [1.54, 1.807) is 12.1 Å². The van der Waals surface area contributed by atoms with Crippen molar-refractivity contribution in [2.75, 3.05) is 13.1 Å². The first-order valence-corrected chi connectivity index (χ1v) is 14.1. The van der Waals surface area contributed by atoms with E-state index in [-0.39, 0.29) is 16.7 Å². The lowest BCUT2D eigenvalue weighted by Gasteiger charge is -2.25. The standard InChI is InChI=1S/C24H30BrN3O3S2/c1-6-28-21-12-9-19(25)13-22(21)32-24(28)26-23(29)18-7-10-20(11-8-18)33(30,31)27(14-16(2)3)15-17(4)5/h7-13,16-17H,6,14-15H2,1-5H3. The van der Waals surface area contributed by atoms with E-state index in [4.69, 9.17) is 0 Å². The molecule has 0 bridgehead atoms. The molecule has 1 heterocycles. The highest BCUT2D eigenvalue weighted by molar-refractivity contribution is 9.10. The normalized spacial score (nSPS) is 13.1. The molecule has 1 aromatic heterocycles. The van der Waals surface area contributed by atoms with Crippen LogP contribution in [-0.2, 0) is 16.6 Å². The van der Waals surface area contributed by atoms with Crippen molar-refractivity contribution in [1.82, 2.24) is 8.87 Å². The summed E-state index contributed by atoms with van der Waals surface area (Å²) in [6.07, 6.45) is 0. The van der Waals surface area contributed by atoms with Crippen LogP contribution in [0.4, 0.5) is 0 Å². The largest absolute Gasteiger partial charge is 0.317 e. The highest BCUT2D eigenvalue weighted by atomic mass is 79.9. The molecule has 0 radical (unpaired) electrons. The SMILES string of the molecule is CCn1c(=NC(=O)c2ccc(S(=O)(=O)N(CC(C)C)CC(C)C)cc2)sc2cc(Br)ccc21. The lowest BCUT2D eigenvalue weighted by molar-refractivity contribution is 0.0997. The average molecular weight is 553 g/mol. The number of nitrogens with zero attached hydrogens (tertiary/aromatic N) is 3. The number of halogens is 1. The fourth-order valence-corrected chi connectivity index (χ4v) is 7.00. The lowest BCUT2D eigenvalue weighted by atomic mass is 10.2. The van der Waals surface area contributed by atoms with Crippen molar-refractivity contribution in [3.8, 4) is 0 Å². The summed E-state index contributed by atoms with van der Waals surface area (Å²) >= 11 is 4.93. The number of rotatable bonds is 8. The number of amides is 1. The summed E-state index contributed by atoms with van der Waals surface area (Å²) in [5.41, 5.74) is 1.38. The van der Waals surface area contributed by atoms with E-state index in [1.165, 1.54) is 27.8 Å². The molecule has 1 amide bonds. The molecule has 0 aliphatic carbocycles. The van der Waals surface area contributed by atoms with Gasteiger partial charge >= 0.3 is 0 Å². The van der Waals surface area contributed by atoms with E-state index < -0.39 is 15.9 Å². The van der Waals surface area contributed by atoms with E-state index in [9.17, 15) is 13.2 Å².